The van der Waals surface area contributed by atoms with E-state index in [2.05, 4.69) is 29.1 Å². The lowest BCUT2D eigenvalue weighted by molar-refractivity contribution is 0.127. The molecular weight excluding hydrogens is 282 g/mol. The largest absolute Gasteiger partial charge is 0.396 e. The quantitative estimate of drug-likeness (QED) is 0.801. The second-order valence-electron chi connectivity index (χ2n) is 4.70. The number of fused-ring (bicyclic) bond motifs is 1. The van der Waals surface area contributed by atoms with Crippen molar-refractivity contribution in [2.75, 3.05) is 18.5 Å². The van der Waals surface area contributed by atoms with E-state index in [1.807, 2.05) is 11.4 Å². The van der Waals surface area contributed by atoms with Crippen LogP contribution in [0.5, 0.6) is 0 Å². The van der Waals surface area contributed by atoms with Crippen molar-refractivity contribution in [3.05, 3.63) is 16.7 Å². The number of thiophene rings is 1. The van der Waals surface area contributed by atoms with Crippen molar-refractivity contribution >= 4 is 39.0 Å². The summed E-state index contributed by atoms with van der Waals surface area (Å²) in [6, 6.07) is 1.98. The summed E-state index contributed by atoms with van der Waals surface area (Å²) < 4.78 is 0. The molecule has 0 atom stereocenters. The second kappa shape index (κ2) is 6.03. The Kier molecular flexibility index (Phi) is 4.60. The van der Waals surface area contributed by atoms with E-state index in [9.17, 15) is 5.11 Å². The normalized spacial score (nSPS) is 12.0. The number of anilines is 1. The molecule has 0 aliphatic rings. The van der Waals surface area contributed by atoms with Gasteiger partial charge in [-0.3, -0.25) is 0 Å². The zero-order valence-corrected chi connectivity index (χ0v) is 12.7. The molecule has 0 spiro atoms. The number of rotatable bonds is 6. The SMILES string of the molecule is CCC(CC)(CO)CNc1nc(Cl)nc2sccc12. The maximum Gasteiger partial charge on any atom is 0.225 e. The number of halogens is 1. The molecule has 0 radical (unpaired) electrons. The summed E-state index contributed by atoms with van der Waals surface area (Å²) in [4.78, 5) is 9.31. The minimum absolute atomic E-state index is 0.111. The van der Waals surface area contributed by atoms with E-state index >= 15 is 0 Å². The van der Waals surface area contributed by atoms with Crippen LogP contribution in [0.3, 0.4) is 0 Å². The predicted molar refractivity (Wildman–Crippen MR) is 81.0 cm³/mol. The van der Waals surface area contributed by atoms with Gasteiger partial charge in [-0.05, 0) is 35.9 Å². The van der Waals surface area contributed by atoms with E-state index in [1.54, 1.807) is 11.3 Å². The summed E-state index contributed by atoms with van der Waals surface area (Å²) in [5, 5.41) is 16.1. The van der Waals surface area contributed by atoms with E-state index in [4.69, 9.17) is 11.6 Å². The minimum Gasteiger partial charge on any atom is -0.396 e. The fourth-order valence-corrected chi connectivity index (χ4v) is 3.00. The van der Waals surface area contributed by atoms with Gasteiger partial charge in [0.1, 0.15) is 10.6 Å². The Morgan fingerprint density at radius 3 is 2.74 bits per heavy atom. The molecule has 0 aliphatic heterocycles. The molecule has 6 heteroatoms. The Bertz CT molecular complexity index is 546. The molecule has 104 valence electrons. The maximum absolute atomic E-state index is 9.59. The molecule has 2 aromatic heterocycles. The highest BCUT2D eigenvalue weighted by Gasteiger charge is 2.25. The van der Waals surface area contributed by atoms with Gasteiger partial charge in [-0.15, -0.1) is 11.3 Å². The lowest BCUT2D eigenvalue weighted by Gasteiger charge is -2.29. The topological polar surface area (TPSA) is 58.0 Å². The lowest BCUT2D eigenvalue weighted by Crippen LogP contribution is -2.32. The van der Waals surface area contributed by atoms with E-state index in [0.29, 0.717) is 6.54 Å². The molecule has 2 rings (SSSR count). The van der Waals surface area contributed by atoms with E-state index in [-0.39, 0.29) is 17.3 Å². The van der Waals surface area contributed by atoms with Crippen LogP contribution >= 0.6 is 22.9 Å². The average molecular weight is 300 g/mol. The molecule has 0 aliphatic carbocycles. The standard InChI is InChI=1S/C13H18ClN3OS/c1-3-13(4-2,8-18)7-15-10-9-5-6-19-11(9)17-12(14)16-10/h5-6,18H,3-4,7-8H2,1-2H3,(H,15,16,17). The molecule has 2 heterocycles. The molecule has 0 saturated heterocycles. The van der Waals surface area contributed by atoms with Crippen LogP contribution in [0.4, 0.5) is 5.82 Å². The van der Waals surface area contributed by atoms with Crippen molar-refractivity contribution in [2.45, 2.75) is 26.7 Å². The molecule has 4 nitrogen and oxygen atoms in total. The molecule has 0 unspecified atom stereocenters. The average Bonchev–Trinajstić information content (AvgIpc) is 2.88. The van der Waals surface area contributed by atoms with Crippen LogP contribution in [-0.4, -0.2) is 28.2 Å². The summed E-state index contributed by atoms with van der Waals surface area (Å²) >= 11 is 7.47. The van der Waals surface area contributed by atoms with Gasteiger partial charge in [-0.1, -0.05) is 13.8 Å². The predicted octanol–water partition coefficient (Wildman–Crippen LogP) is 3.56. The first-order chi connectivity index (χ1) is 9.14. The van der Waals surface area contributed by atoms with Crippen LogP contribution in [0, 0.1) is 5.41 Å². The summed E-state index contributed by atoms with van der Waals surface area (Å²) in [7, 11) is 0. The number of nitrogens with one attached hydrogen (secondary N) is 1. The van der Waals surface area contributed by atoms with Gasteiger partial charge in [0, 0.05) is 12.0 Å². The van der Waals surface area contributed by atoms with Gasteiger partial charge >= 0.3 is 0 Å². The third kappa shape index (κ3) is 2.99. The molecule has 0 bridgehead atoms. The molecule has 2 N–H and O–H groups in total. The number of aromatic nitrogens is 2. The Balaban J connectivity index is 2.24. The van der Waals surface area contributed by atoms with Crippen molar-refractivity contribution < 1.29 is 5.11 Å². The highest BCUT2D eigenvalue weighted by Crippen LogP contribution is 2.30. The van der Waals surface area contributed by atoms with Gasteiger partial charge in [-0.25, -0.2) is 9.97 Å². The van der Waals surface area contributed by atoms with Crippen LogP contribution in [0.25, 0.3) is 10.2 Å². The summed E-state index contributed by atoms with van der Waals surface area (Å²) in [5.74, 6) is 0.746. The van der Waals surface area contributed by atoms with E-state index in [0.717, 1.165) is 28.9 Å². The van der Waals surface area contributed by atoms with Crippen LogP contribution in [0.2, 0.25) is 5.28 Å². The number of hydrogen-bond donors (Lipinski definition) is 2. The smallest absolute Gasteiger partial charge is 0.225 e. The Labute approximate surface area is 121 Å². The van der Waals surface area contributed by atoms with E-state index in [1.165, 1.54) is 0 Å². The van der Waals surface area contributed by atoms with Crippen molar-refractivity contribution in [1.29, 1.82) is 0 Å². The number of aliphatic hydroxyl groups excluding tert-OH is 1. The lowest BCUT2D eigenvalue weighted by atomic mass is 9.83. The molecule has 0 amide bonds. The number of nitrogens with zero attached hydrogens (tertiary/aromatic N) is 2. The summed E-state index contributed by atoms with van der Waals surface area (Å²) in [6.07, 6.45) is 1.83. The van der Waals surface area contributed by atoms with Gasteiger partial charge in [-0.2, -0.15) is 0 Å². The first kappa shape index (κ1) is 14.5. The molecular formula is C13H18ClN3OS. The fraction of sp³-hybridized carbons (Fsp3) is 0.538. The van der Waals surface area contributed by atoms with Crippen LogP contribution in [0.15, 0.2) is 11.4 Å². The molecule has 0 aromatic carbocycles. The molecule has 0 fully saturated rings. The minimum atomic E-state index is -0.111. The second-order valence-corrected chi connectivity index (χ2v) is 5.93. The van der Waals surface area contributed by atoms with Gasteiger partial charge < -0.3 is 10.4 Å². The zero-order valence-electron chi connectivity index (χ0n) is 11.1. The Morgan fingerprint density at radius 2 is 2.11 bits per heavy atom. The Morgan fingerprint density at radius 1 is 1.37 bits per heavy atom. The maximum atomic E-state index is 9.59. The number of hydrogen-bond acceptors (Lipinski definition) is 5. The fourth-order valence-electron chi connectivity index (χ4n) is 2.01. The third-order valence-corrected chi connectivity index (χ3v) is 4.74. The van der Waals surface area contributed by atoms with Crippen molar-refractivity contribution in [2.24, 2.45) is 5.41 Å². The first-order valence-electron chi connectivity index (χ1n) is 6.39. The molecule has 19 heavy (non-hydrogen) atoms. The van der Waals surface area contributed by atoms with Gasteiger partial charge in [0.15, 0.2) is 0 Å². The van der Waals surface area contributed by atoms with Crippen molar-refractivity contribution in [3.63, 3.8) is 0 Å². The highest BCUT2D eigenvalue weighted by molar-refractivity contribution is 7.16. The van der Waals surface area contributed by atoms with Crippen LogP contribution < -0.4 is 5.32 Å². The summed E-state index contributed by atoms with van der Waals surface area (Å²) in [6.45, 7) is 5.02. The van der Waals surface area contributed by atoms with E-state index < -0.39 is 0 Å². The van der Waals surface area contributed by atoms with Gasteiger partial charge in [0.2, 0.25) is 5.28 Å². The first-order valence-corrected chi connectivity index (χ1v) is 7.65. The molecule has 0 saturated carbocycles. The highest BCUT2D eigenvalue weighted by atomic mass is 35.5. The summed E-state index contributed by atoms with van der Waals surface area (Å²) in [5.41, 5.74) is -0.111. The third-order valence-electron chi connectivity index (χ3n) is 3.76. The Hall–Kier alpha value is -0.910. The van der Waals surface area contributed by atoms with Gasteiger partial charge in [0.05, 0.1) is 12.0 Å². The van der Waals surface area contributed by atoms with Crippen molar-refractivity contribution in [1.82, 2.24) is 9.97 Å². The monoisotopic (exact) mass is 299 g/mol. The van der Waals surface area contributed by atoms with Crippen molar-refractivity contribution in [3.8, 4) is 0 Å². The number of aliphatic hydroxyl groups is 1. The zero-order chi connectivity index (χ0) is 13.9. The molecule has 2 aromatic rings. The van der Waals surface area contributed by atoms with Crippen LogP contribution in [0.1, 0.15) is 26.7 Å². The van der Waals surface area contributed by atoms with Crippen LogP contribution in [-0.2, 0) is 0 Å². The van der Waals surface area contributed by atoms with Gasteiger partial charge in [0.25, 0.3) is 0 Å².